The van der Waals surface area contributed by atoms with Crippen molar-refractivity contribution in [1.29, 1.82) is 0 Å². The largest absolute Gasteiger partial charge is 0.389 e. The summed E-state index contributed by atoms with van der Waals surface area (Å²) in [6.07, 6.45) is 12.1. The molecule has 0 saturated heterocycles. The van der Waals surface area contributed by atoms with Gasteiger partial charge >= 0.3 is 0 Å². The molecule has 0 heterocycles. The average Bonchev–Trinajstić information content (AvgIpc) is 2.61. The van der Waals surface area contributed by atoms with Crippen LogP contribution in [-0.2, 0) is 4.79 Å². The molecule has 0 aromatic carbocycles. The van der Waals surface area contributed by atoms with Gasteiger partial charge in [0, 0.05) is 12.3 Å². The Labute approximate surface area is 104 Å². The Hall–Kier alpha value is -0.890. The van der Waals surface area contributed by atoms with E-state index in [1.165, 1.54) is 0 Å². The van der Waals surface area contributed by atoms with E-state index >= 15 is 0 Å². The third-order valence-corrected chi connectivity index (χ3v) is 3.45. The van der Waals surface area contributed by atoms with Gasteiger partial charge in [-0.2, -0.15) is 0 Å². The fourth-order valence-electron chi connectivity index (χ4n) is 2.18. The zero-order valence-electron chi connectivity index (χ0n) is 10.9. The lowest BCUT2D eigenvalue weighted by atomic mass is 9.96. The van der Waals surface area contributed by atoms with E-state index < -0.39 is 0 Å². The van der Waals surface area contributed by atoms with Crippen LogP contribution < -0.4 is 0 Å². The van der Waals surface area contributed by atoms with E-state index in [0.29, 0.717) is 18.1 Å². The van der Waals surface area contributed by atoms with Crippen molar-refractivity contribution >= 4 is 5.78 Å². The molecule has 0 aliphatic heterocycles. The Morgan fingerprint density at radius 3 is 2.82 bits per heavy atom. The van der Waals surface area contributed by atoms with Gasteiger partial charge < -0.3 is 5.11 Å². The fraction of sp³-hybridized carbons (Fsp3) is 0.667. The third kappa shape index (κ3) is 4.86. The van der Waals surface area contributed by atoms with Gasteiger partial charge in [0.25, 0.3) is 0 Å². The zero-order chi connectivity index (χ0) is 12.7. The Bertz CT molecular complexity index is 291. The molecule has 0 spiro atoms. The summed E-state index contributed by atoms with van der Waals surface area (Å²) in [5.74, 6) is 0.927. The number of allylic oxidation sites excluding steroid dienone is 2. The summed E-state index contributed by atoms with van der Waals surface area (Å²) in [6, 6.07) is 0. The number of unbranched alkanes of at least 4 members (excludes halogenated alkanes) is 1. The van der Waals surface area contributed by atoms with Crippen LogP contribution in [0.5, 0.6) is 0 Å². The first kappa shape index (κ1) is 14.2. The van der Waals surface area contributed by atoms with E-state index in [9.17, 15) is 9.90 Å². The topological polar surface area (TPSA) is 37.3 Å². The van der Waals surface area contributed by atoms with E-state index in [4.69, 9.17) is 0 Å². The standard InChI is InChI=1S/C15H24O2/c1-3-4-5-8-14(16)9-6-7-13-10-11-15(17)12(13)2/h5-8,12-14,16H,3-4,9-11H2,1-2H3/b7-6+,8-5+/t12-,13+,14?/m1/s1. The van der Waals surface area contributed by atoms with Crippen LogP contribution >= 0.6 is 0 Å². The van der Waals surface area contributed by atoms with Crippen molar-refractivity contribution < 1.29 is 9.90 Å². The molecule has 17 heavy (non-hydrogen) atoms. The second-order valence-electron chi connectivity index (χ2n) is 4.91. The van der Waals surface area contributed by atoms with Crippen LogP contribution in [-0.4, -0.2) is 17.0 Å². The van der Waals surface area contributed by atoms with E-state index in [1.807, 2.05) is 25.2 Å². The highest BCUT2D eigenvalue weighted by Crippen LogP contribution is 2.29. The van der Waals surface area contributed by atoms with Crippen molar-refractivity contribution in [2.24, 2.45) is 11.8 Å². The molecule has 0 aromatic rings. The molecular formula is C15H24O2. The Morgan fingerprint density at radius 1 is 1.47 bits per heavy atom. The van der Waals surface area contributed by atoms with E-state index in [2.05, 4.69) is 13.0 Å². The molecule has 1 aliphatic rings. The van der Waals surface area contributed by atoms with Gasteiger partial charge in [-0.15, -0.1) is 0 Å². The molecule has 0 radical (unpaired) electrons. The summed E-state index contributed by atoms with van der Waals surface area (Å²) in [4.78, 5) is 11.4. The minimum Gasteiger partial charge on any atom is -0.389 e. The molecule has 1 rings (SSSR count). The van der Waals surface area contributed by atoms with Crippen molar-refractivity contribution in [3.8, 4) is 0 Å². The molecule has 0 bridgehead atoms. The van der Waals surface area contributed by atoms with Crippen molar-refractivity contribution in [3.05, 3.63) is 24.3 Å². The number of carbonyl (C=O) groups excluding carboxylic acids is 1. The van der Waals surface area contributed by atoms with E-state index in [0.717, 1.165) is 25.7 Å². The number of aliphatic hydroxyl groups excluding tert-OH is 1. The Balaban J connectivity index is 2.28. The lowest BCUT2D eigenvalue weighted by molar-refractivity contribution is -0.120. The van der Waals surface area contributed by atoms with Crippen molar-refractivity contribution in [1.82, 2.24) is 0 Å². The van der Waals surface area contributed by atoms with E-state index in [-0.39, 0.29) is 12.0 Å². The molecule has 2 nitrogen and oxygen atoms in total. The first-order chi connectivity index (χ1) is 8.15. The summed E-state index contributed by atoms with van der Waals surface area (Å²) in [6.45, 7) is 4.12. The minimum atomic E-state index is -0.384. The first-order valence-corrected chi connectivity index (χ1v) is 6.69. The summed E-state index contributed by atoms with van der Waals surface area (Å²) >= 11 is 0. The maximum Gasteiger partial charge on any atom is 0.136 e. The van der Waals surface area contributed by atoms with Crippen LogP contribution in [0.25, 0.3) is 0 Å². The van der Waals surface area contributed by atoms with Crippen LogP contribution in [0.4, 0.5) is 0 Å². The third-order valence-electron chi connectivity index (χ3n) is 3.45. The molecule has 0 aromatic heterocycles. The first-order valence-electron chi connectivity index (χ1n) is 6.69. The Kier molecular flexibility index (Phi) is 6.20. The predicted molar refractivity (Wildman–Crippen MR) is 70.7 cm³/mol. The van der Waals surface area contributed by atoms with Gasteiger partial charge in [-0.1, -0.05) is 44.6 Å². The second-order valence-corrected chi connectivity index (χ2v) is 4.91. The molecule has 1 unspecified atom stereocenters. The molecule has 2 heteroatoms. The molecule has 1 fully saturated rings. The van der Waals surface area contributed by atoms with Gasteiger partial charge in [-0.3, -0.25) is 4.79 Å². The maximum atomic E-state index is 11.4. The lowest BCUT2D eigenvalue weighted by Crippen LogP contribution is -2.08. The number of aliphatic hydroxyl groups is 1. The molecule has 3 atom stereocenters. The molecule has 1 aliphatic carbocycles. The fourth-order valence-corrected chi connectivity index (χ4v) is 2.18. The molecular weight excluding hydrogens is 212 g/mol. The van der Waals surface area contributed by atoms with Gasteiger partial charge in [0.15, 0.2) is 0 Å². The van der Waals surface area contributed by atoms with Crippen molar-refractivity contribution in [2.45, 2.75) is 52.1 Å². The highest BCUT2D eigenvalue weighted by molar-refractivity contribution is 5.83. The van der Waals surface area contributed by atoms with Gasteiger partial charge in [0.05, 0.1) is 6.10 Å². The quantitative estimate of drug-likeness (QED) is 0.719. The van der Waals surface area contributed by atoms with Crippen molar-refractivity contribution in [2.75, 3.05) is 0 Å². The maximum absolute atomic E-state index is 11.4. The van der Waals surface area contributed by atoms with Crippen molar-refractivity contribution in [3.63, 3.8) is 0 Å². The second kappa shape index (κ2) is 7.44. The normalized spacial score (nSPS) is 27.4. The molecule has 96 valence electrons. The van der Waals surface area contributed by atoms with Crippen LogP contribution in [0.3, 0.4) is 0 Å². The summed E-state index contributed by atoms with van der Waals surface area (Å²) in [7, 11) is 0. The van der Waals surface area contributed by atoms with E-state index in [1.54, 1.807) is 0 Å². The van der Waals surface area contributed by atoms with Gasteiger partial charge in [0.1, 0.15) is 5.78 Å². The number of hydrogen-bond acceptors (Lipinski definition) is 2. The number of hydrogen-bond donors (Lipinski definition) is 1. The lowest BCUT2D eigenvalue weighted by Gasteiger charge is -2.08. The zero-order valence-corrected chi connectivity index (χ0v) is 10.9. The SMILES string of the molecule is CCC/C=C/C(O)C/C=C/[C@H]1CCC(=O)[C@@H]1C. The van der Waals surface area contributed by atoms with Gasteiger partial charge in [0.2, 0.25) is 0 Å². The molecule has 1 N–H and O–H groups in total. The monoisotopic (exact) mass is 236 g/mol. The number of Topliss-reactive ketones (excluding diaryl/α,β-unsaturated/α-hetero) is 1. The molecule has 0 amide bonds. The predicted octanol–water partition coefficient (Wildman–Crippen LogP) is 3.27. The summed E-state index contributed by atoms with van der Waals surface area (Å²) in [5, 5.41) is 9.66. The average molecular weight is 236 g/mol. The molecule has 1 saturated carbocycles. The van der Waals surface area contributed by atoms with Gasteiger partial charge in [-0.05, 0) is 25.2 Å². The van der Waals surface area contributed by atoms with Crippen LogP contribution in [0.15, 0.2) is 24.3 Å². The van der Waals surface area contributed by atoms with Crippen LogP contribution in [0.1, 0.15) is 46.0 Å². The number of ketones is 1. The smallest absolute Gasteiger partial charge is 0.136 e. The van der Waals surface area contributed by atoms with Gasteiger partial charge in [-0.25, -0.2) is 0 Å². The highest BCUT2D eigenvalue weighted by Gasteiger charge is 2.28. The number of rotatable bonds is 6. The van der Waals surface area contributed by atoms with Crippen LogP contribution in [0.2, 0.25) is 0 Å². The summed E-state index contributed by atoms with van der Waals surface area (Å²) in [5.41, 5.74) is 0. The Morgan fingerprint density at radius 2 is 2.24 bits per heavy atom. The number of carbonyl (C=O) groups is 1. The summed E-state index contributed by atoms with van der Waals surface area (Å²) < 4.78 is 0. The van der Waals surface area contributed by atoms with Crippen LogP contribution in [0, 0.1) is 11.8 Å². The minimum absolute atomic E-state index is 0.166. The highest BCUT2D eigenvalue weighted by atomic mass is 16.3.